The summed E-state index contributed by atoms with van der Waals surface area (Å²) in [5.41, 5.74) is 3.35. The van der Waals surface area contributed by atoms with Gasteiger partial charge in [0.15, 0.2) is 0 Å². The van der Waals surface area contributed by atoms with Crippen LogP contribution in [-0.4, -0.2) is 0 Å². The first-order valence-electron chi connectivity index (χ1n) is 13.3. The van der Waals surface area contributed by atoms with Crippen molar-refractivity contribution in [2.75, 3.05) is 0 Å². The second-order valence-electron chi connectivity index (χ2n) is 11.4. The van der Waals surface area contributed by atoms with Gasteiger partial charge in [-0.15, -0.1) is 18.5 Å². The fourth-order valence-corrected chi connectivity index (χ4v) is 9.97. The van der Waals surface area contributed by atoms with Gasteiger partial charge in [-0.05, 0) is 86.2 Å². The zero-order valence-electron chi connectivity index (χ0n) is 19.1. The summed E-state index contributed by atoms with van der Waals surface area (Å²) >= 11 is 0. The van der Waals surface area contributed by atoms with Gasteiger partial charge in [0.25, 0.3) is 0 Å². The Labute approximate surface area is 190 Å². The van der Waals surface area contributed by atoms with E-state index in [1.54, 1.807) is 11.1 Å². The van der Waals surface area contributed by atoms with Crippen LogP contribution in [0, 0.1) is 23.7 Å². The van der Waals surface area contributed by atoms with E-state index in [-0.39, 0.29) is 0 Å². The van der Waals surface area contributed by atoms with Gasteiger partial charge in [-0.1, -0.05) is 75.6 Å². The number of hydrogen-bond donors (Lipinski definition) is 0. The van der Waals surface area contributed by atoms with Crippen molar-refractivity contribution in [2.24, 2.45) is 23.7 Å². The van der Waals surface area contributed by atoms with Crippen LogP contribution in [0.15, 0.2) is 24.3 Å². The van der Waals surface area contributed by atoms with Crippen molar-refractivity contribution in [2.45, 2.75) is 113 Å². The maximum atomic E-state index is 3.50. The second kappa shape index (κ2) is 9.14. The van der Waals surface area contributed by atoms with Gasteiger partial charge < -0.3 is 0 Å². The van der Waals surface area contributed by atoms with E-state index in [1.165, 1.54) is 103 Å². The Balaban J connectivity index is 1.55. The predicted octanol–water partition coefficient (Wildman–Crippen LogP) is 8.59. The normalized spacial score (nSPS) is 25.7. The fraction of sp³-hybridized carbons (Fsp3) is 0.786. The molecule has 4 aliphatic rings. The Morgan fingerprint density at radius 2 is 0.767 bits per heavy atom. The molecular weight excluding hydrogens is 398 g/mol. The molecule has 0 N–H and O–H groups in total. The van der Waals surface area contributed by atoms with Crippen LogP contribution in [0.2, 0.25) is 0 Å². The summed E-state index contributed by atoms with van der Waals surface area (Å²) in [7, 11) is 6.99. The third kappa shape index (κ3) is 3.75. The smallest absolute Gasteiger partial charge is 0.0154 e. The highest BCUT2D eigenvalue weighted by molar-refractivity contribution is 7.18. The van der Waals surface area contributed by atoms with Crippen molar-refractivity contribution in [1.82, 2.24) is 0 Å². The zero-order valence-corrected chi connectivity index (χ0v) is 21.4. The first-order valence-corrected chi connectivity index (χ1v) is 14.5. The third-order valence-corrected chi connectivity index (χ3v) is 12.5. The van der Waals surface area contributed by atoms with Gasteiger partial charge in [0, 0.05) is 10.3 Å². The Bertz CT molecular complexity index is 612. The minimum absolute atomic E-state index is 0.319. The Morgan fingerprint density at radius 1 is 0.500 bits per heavy atom. The lowest BCUT2D eigenvalue weighted by atomic mass is 9.70. The quantitative estimate of drug-likeness (QED) is 0.387. The molecule has 0 nitrogen and oxygen atoms in total. The maximum absolute atomic E-state index is 3.50. The molecule has 2 unspecified atom stereocenters. The largest absolute Gasteiger partial charge is 0.126 e. The van der Waals surface area contributed by atoms with Crippen molar-refractivity contribution in [3.8, 4) is 0 Å². The summed E-state index contributed by atoms with van der Waals surface area (Å²) in [4.78, 5) is 0. The number of benzene rings is 1. The van der Waals surface area contributed by atoms with E-state index in [9.17, 15) is 0 Å². The van der Waals surface area contributed by atoms with E-state index in [1.807, 2.05) is 0 Å². The van der Waals surface area contributed by atoms with Crippen LogP contribution in [0.5, 0.6) is 0 Å². The first kappa shape index (κ1) is 21.9. The van der Waals surface area contributed by atoms with Crippen LogP contribution < -0.4 is 0 Å². The van der Waals surface area contributed by atoms with E-state index in [0.29, 0.717) is 10.3 Å². The molecule has 0 spiro atoms. The summed E-state index contributed by atoms with van der Waals surface area (Å²) < 4.78 is 0. The Hall–Kier alpha value is 0.0800. The molecule has 1 aromatic carbocycles. The summed E-state index contributed by atoms with van der Waals surface area (Å²) in [5.74, 6) is 3.49. The number of hydrogen-bond acceptors (Lipinski definition) is 0. The lowest BCUT2D eigenvalue weighted by Crippen LogP contribution is -2.37. The molecule has 5 rings (SSSR count). The van der Waals surface area contributed by atoms with Gasteiger partial charge in [0.1, 0.15) is 0 Å². The van der Waals surface area contributed by atoms with Gasteiger partial charge >= 0.3 is 0 Å². The van der Waals surface area contributed by atoms with Crippen LogP contribution in [0.3, 0.4) is 0 Å². The standard InChI is InChI=1S/C28H44P2/c29-27(21-10-1-2-11-21,22-12-3-4-13-22)25-18-9-19-26(20-25)28(30,23-14-5-6-15-23)24-16-7-8-17-24/h9,18-24H,1-8,10-17,29-30H2. The molecule has 0 aromatic heterocycles. The lowest BCUT2D eigenvalue weighted by Gasteiger charge is -2.45. The van der Waals surface area contributed by atoms with E-state index in [4.69, 9.17) is 0 Å². The predicted molar refractivity (Wildman–Crippen MR) is 137 cm³/mol. The highest BCUT2D eigenvalue weighted by atomic mass is 31.0. The Kier molecular flexibility index (Phi) is 6.67. The van der Waals surface area contributed by atoms with E-state index in [0.717, 1.165) is 23.7 Å². The molecule has 0 radical (unpaired) electrons. The SMILES string of the molecule is PC(c1cccc(C(P)(C2CCCC2)C2CCCC2)c1)(C1CCCC1)C1CCCC1. The summed E-state index contributed by atoms with van der Waals surface area (Å²) in [6, 6.07) is 10.2. The topological polar surface area (TPSA) is 0 Å². The van der Waals surface area contributed by atoms with Crippen molar-refractivity contribution < 1.29 is 0 Å². The molecule has 30 heavy (non-hydrogen) atoms. The molecular formula is C28H44P2. The second-order valence-corrected chi connectivity index (χ2v) is 13.3. The molecule has 4 saturated carbocycles. The van der Waals surface area contributed by atoms with Crippen molar-refractivity contribution >= 4 is 18.5 Å². The molecule has 2 heteroatoms. The first-order chi connectivity index (χ1) is 14.6. The van der Waals surface area contributed by atoms with Crippen LogP contribution >= 0.6 is 18.5 Å². The molecule has 4 aliphatic carbocycles. The van der Waals surface area contributed by atoms with Crippen molar-refractivity contribution in [1.29, 1.82) is 0 Å². The van der Waals surface area contributed by atoms with Gasteiger partial charge in [0.05, 0.1) is 0 Å². The summed E-state index contributed by atoms with van der Waals surface area (Å²) in [6.07, 6.45) is 23.2. The molecule has 2 atom stereocenters. The fourth-order valence-electron chi connectivity index (χ4n) is 8.28. The van der Waals surface area contributed by atoms with E-state index >= 15 is 0 Å². The van der Waals surface area contributed by atoms with Gasteiger partial charge in [-0.2, -0.15) is 0 Å². The van der Waals surface area contributed by atoms with Crippen molar-refractivity contribution in [3.05, 3.63) is 35.4 Å². The van der Waals surface area contributed by atoms with Crippen LogP contribution in [-0.2, 0) is 10.3 Å². The van der Waals surface area contributed by atoms with Crippen LogP contribution in [0.1, 0.15) is 114 Å². The van der Waals surface area contributed by atoms with Crippen LogP contribution in [0.4, 0.5) is 0 Å². The molecule has 0 bridgehead atoms. The van der Waals surface area contributed by atoms with Gasteiger partial charge in [-0.25, -0.2) is 0 Å². The van der Waals surface area contributed by atoms with Gasteiger partial charge in [-0.3, -0.25) is 0 Å². The van der Waals surface area contributed by atoms with Crippen LogP contribution in [0.25, 0.3) is 0 Å². The maximum Gasteiger partial charge on any atom is 0.0154 e. The number of rotatable bonds is 6. The highest BCUT2D eigenvalue weighted by Gasteiger charge is 2.47. The molecule has 1 aromatic rings. The summed E-state index contributed by atoms with van der Waals surface area (Å²) in [6.45, 7) is 0. The zero-order chi connectivity index (χ0) is 20.6. The molecule has 4 fully saturated rings. The minimum atomic E-state index is 0.319. The average molecular weight is 443 g/mol. The minimum Gasteiger partial charge on any atom is -0.126 e. The highest BCUT2D eigenvalue weighted by Crippen LogP contribution is 2.59. The Morgan fingerprint density at radius 3 is 1.03 bits per heavy atom. The van der Waals surface area contributed by atoms with E-state index < -0.39 is 0 Å². The summed E-state index contributed by atoms with van der Waals surface area (Å²) in [5, 5.41) is 0.639. The van der Waals surface area contributed by atoms with E-state index in [2.05, 4.69) is 42.7 Å². The lowest BCUT2D eigenvalue weighted by molar-refractivity contribution is 0.267. The average Bonchev–Trinajstić information content (AvgIpc) is 3.61. The van der Waals surface area contributed by atoms with Crippen molar-refractivity contribution in [3.63, 3.8) is 0 Å². The molecule has 0 saturated heterocycles. The molecule has 0 aliphatic heterocycles. The molecule has 0 amide bonds. The monoisotopic (exact) mass is 442 g/mol. The molecule has 166 valence electrons. The third-order valence-electron chi connectivity index (χ3n) is 9.99. The van der Waals surface area contributed by atoms with Gasteiger partial charge in [0.2, 0.25) is 0 Å². The molecule has 0 heterocycles.